The summed E-state index contributed by atoms with van der Waals surface area (Å²) in [5.41, 5.74) is 3.95. The van der Waals surface area contributed by atoms with Gasteiger partial charge >= 0.3 is 0 Å². The zero-order valence-corrected chi connectivity index (χ0v) is 13.3. The first-order valence-electron chi connectivity index (χ1n) is 7.65. The van der Waals surface area contributed by atoms with Gasteiger partial charge in [-0.15, -0.1) is 0 Å². The van der Waals surface area contributed by atoms with Crippen molar-refractivity contribution in [2.45, 2.75) is 13.3 Å². The molecule has 118 valence electrons. The maximum absolute atomic E-state index is 9.84. The maximum Gasteiger partial charge on any atom is 0.213 e. The highest BCUT2D eigenvalue weighted by molar-refractivity contribution is 5.85. The molecule has 4 nitrogen and oxygen atoms in total. The van der Waals surface area contributed by atoms with Gasteiger partial charge in [0.1, 0.15) is 5.75 Å². The van der Waals surface area contributed by atoms with Crippen molar-refractivity contribution in [3.8, 4) is 11.6 Å². The Morgan fingerprint density at radius 2 is 1.87 bits per heavy atom. The molecule has 0 spiro atoms. The van der Waals surface area contributed by atoms with Crippen LogP contribution in [-0.4, -0.2) is 23.7 Å². The van der Waals surface area contributed by atoms with Crippen molar-refractivity contribution in [1.29, 1.82) is 0 Å². The minimum atomic E-state index is 0.217. The van der Waals surface area contributed by atoms with E-state index in [9.17, 15) is 5.11 Å². The predicted octanol–water partition coefficient (Wildman–Crippen LogP) is 3.91. The zero-order chi connectivity index (χ0) is 16.2. The summed E-state index contributed by atoms with van der Waals surface area (Å²) >= 11 is 0. The third-order valence-corrected chi connectivity index (χ3v) is 3.81. The standard InChI is InChI=1S/C19H20N2O2/c1-13-3-5-14(6-4-13)9-10-23-19-8-7-15-11-18(22)17(20-2)12-16(15)21-19/h3-8,11-12,20,22H,9-10H2,1-2H3. The number of aromatic hydroxyl groups is 1. The number of aromatic nitrogens is 1. The van der Waals surface area contributed by atoms with E-state index in [1.54, 1.807) is 13.1 Å². The summed E-state index contributed by atoms with van der Waals surface area (Å²) < 4.78 is 5.76. The molecule has 0 bridgehead atoms. The molecule has 0 atom stereocenters. The van der Waals surface area contributed by atoms with Gasteiger partial charge in [-0.2, -0.15) is 0 Å². The minimum absolute atomic E-state index is 0.217. The highest BCUT2D eigenvalue weighted by Crippen LogP contribution is 2.29. The van der Waals surface area contributed by atoms with Gasteiger partial charge in [0.05, 0.1) is 17.8 Å². The molecule has 0 unspecified atom stereocenters. The smallest absolute Gasteiger partial charge is 0.213 e. The molecule has 0 fully saturated rings. The topological polar surface area (TPSA) is 54.4 Å². The van der Waals surface area contributed by atoms with Crippen molar-refractivity contribution in [2.75, 3.05) is 19.0 Å². The molecule has 0 radical (unpaired) electrons. The minimum Gasteiger partial charge on any atom is -0.506 e. The number of benzene rings is 2. The van der Waals surface area contributed by atoms with Gasteiger partial charge in [0.2, 0.25) is 5.88 Å². The van der Waals surface area contributed by atoms with Crippen LogP contribution in [0.25, 0.3) is 10.9 Å². The number of nitrogens with one attached hydrogen (secondary N) is 1. The van der Waals surface area contributed by atoms with Crippen LogP contribution in [0.1, 0.15) is 11.1 Å². The molecule has 2 aromatic carbocycles. The molecule has 1 aromatic heterocycles. The number of fused-ring (bicyclic) bond motifs is 1. The Balaban J connectivity index is 1.70. The van der Waals surface area contributed by atoms with Crippen molar-refractivity contribution in [1.82, 2.24) is 4.98 Å². The molecule has 2 N–H and O–H groups in total. The average molecular weight is 308 g/mol. The van der Waals surface area contributed by atoms with Crippen LogP contribution < -0.4 is 10.1 Å². The van der Waals surface area contributed by atoms with Crippen LogP contribution in [0.3, 0.4) is 0 Å². The number of rotatable bonds is 5. The Kier molecular flexibility index (Phi) is 4.33. The number of hydrogen-bond donors (Lipinski definition) is 2. The lowest BCUT2D eigenvalue weighted by Crippen LogP contribution is -2.02. The fraction of sp³-hybridized carbons (Fsp3) is 0.211. The third kappa shape index (κ3) is 3.54. The van der Waals surface area contributed by atoms with E-state index in [0.717, 1.165) is 17.3 Å². The second kappa shape index (κ2) is 6.57. The van der Waals surface area contributed by atoms with Gasteiger partial charge in [0.15, 0.2) is 0 Å². The van der Waals surface area contributed by atoms with Crippen LogP contribution >= 0.6 is 0 Å². The normalized spacial score (nSPS) is 10.7. The van der Waals surface area contributed by atoms with Crippen molar-refractivity contribution in [2.24, 2.45) is 0 Å². The van der Waals surface area contributed by atoms with E-state index in [1.165, 1.54) is 11.1 Å². The van der Waals surface area contributed by atoms with Gasteiger partial charge in [-0.3, -0.25) is 0 Å². The average Bonchev–Trinajstić information content (AvgIpc) is 2.56. The number of nitrogens with zero attached hydrogens (tertiary/aromatic N) is 1. The molecule has 0 aliphatic rings. The first-order valence-corrected chi connectivity index (χ1v) is 7.65. The van der Waals surface area contributed by atoms with E-state index < -0.39 is 0 Å². The number of hydrogen-bond acceptors (Lipinski definition) is 4. The molecular formula is C19H20N2O2. The van der Waals surface area contributed by atoms with E-state index in [4.69, 9.17) is 4.74 Å². The number of ether oxygens (including phenoxy) is 1. The molecular weight excluding hydrogens is 288 g/mol. The first-order chi connectivity index (χ1) is 11.2. The second-order valence-electron chi connectivity index (χ2n) is 5.55. The molecule has 0 saturated heterocycles. The van der Waals surface area contributed by atoms with Crippen LogP contribution in [0, 0.1) is 6.92 Å². The summed E-state index contributed by atoms with van der Waals surface area (Å²) in [7, 11) is 1.77. The Morgan fingerprint density at radius 1 is 1.09 bits per heavy atom. The van der Waals surface area contributed by atoms with Crippen LogP contribution in [-0.2, 0) is 6.42 Å². The summed E-state index contributed by atoms with van der Waals surface area (Å²) in [4.78, 5) is 4.50. The van der Waals surface area contributed by atoms with Crippen LogP contribution in [0.2, 0.25) is 0 Å². The number of anilines is 1. The summed E-state index contributed by atoms with van der Waals surface area (Å²) in [5.74, 6) is 0.812. The number of phenols is 1. The Morgan fingerprint density at radius 3 is 2.61 bits per heavy atom. The largest absolute Gasteiger partial charge is 0.506 e. The second-order valence-corrected chi connectivity index (χ2v) is 5.55. The molecule has 3 aromatic rings. The van der Waals surface area contributed by atoms with Crippen LogP contribution in [0.5, 0.6) is 11.6 Å². The monoisotopic (exact) mass is 308 g/mol. The predicted molar refractivity (Wildman–Crippen MR) is 93.3 cm³/mol. The highest BCUT2D eigenvalue weighted by atomic mass is 16.5. The van der Waals surface area contributed by atoms with Crippen LogP contribution in [0.4, 0.5) is 5.69 Å². The van der Waals surface area contributed by atoms with Gasteiger partial charge in [0.25, 0.3) is 0 Å². The maximum atomic E-state index is 9.84. The Labute approximate surface area is 135 Å². The number of phenolic OH excluding ortho intramolecular Hbond substituents is 1. The summed E-state index contributed by atoms with van der Waals surface area (Å²) in [5, 5.41) is 13.7. The Hall–Kier alpha value is -2.75. The van der Waals surface area contributed by atoms with E-state index in [1.807, 2.05) is 18.2 Å². The van der Waals surface area contributed by atoms with E-state index in [-0.39, 0.29) is 5.75 Å². The fourth-order valence-corrected chi connectivity index (χ4v) is 2.45. The SMILES string of the molecule is CNc1cc2nc(OCCc3ccc(C)cc3)ccc2cc1O. The fourth-order valence-electron chi connectivity index (χ4n) is 2.45. The van der Waals surface area contributed by atoms with Crippen molar-refractivity contribution < 1.29 is 9.84 Å². The lowest BCUT2D eigenvalue weighted by Gasteiger charge is -2.09. The molecule has 4 heteroatoms. The van der Waals surface area contributed by atoms with Gasteiger partial charge in [-0.25, -0.2) is 4.98 Å². The van der Waals surface area contributed by atoms with Crippen molar-refractivity contribution >= 4 is 16.6 Å². The lowest BCUT2D eigenvalue weighted by atomic mass is 10.1. The van der Waals surface area contributed by atoms with Crippen LogP contribution in [0.15, 0.2) is 48.5 Å². The molecule has 0 aliphatic heterocycles. The molecule has 1 heterocycles. The van der Waals surface area contributed by atoms with Crippen molar-refractivity contribution in [3.63, 3.8) is 0 Å². The van der Waals surface area contributed by atoms with Gasteiger partial charge in [0, 0.05) is 24.9 Å². The molecule has 23 heavy (non-hydrogen) atoms. The molecule has 0 saturated carbocycles. The lowest BCUT2D eigenvalue weighted by molar-refractivity contribution is 0.310. The zero-order valence-electron chi connectivity index (χ0n) is 13.3. The van der Waals surface area contributed by atoms with Gasteiger partial charge in [-0.05, 0) is 30.7 Å². The van der Waals surface area contributed by atoms with E-state index in [0.29, 0.717) is 18.2 Å². The van der Waals surface area contributed by atoms with Gasteiger partial charge < -0.3 is 15.2 Å². The number of aryl methyl sites for hydroxylation is 1. The Bertz CT molecular complexity index is 813. The quantitative estimate of drug-likeness (QED) is 0.702. The third-order valence-electron chi connectivity index (χ3n) is 3.81. The molecule has 0 amide bonds. The molecule has 0 aliphatic carbocycles. The highest BCUT2D eigenvalue weighted by Gasteiger charge is 2.05. The van der Waals surface area contributed by atoms with Crippen molar-refractivity contribution in [3.05, 3.63) is 59.7 Å². The summed E-state index contributed by atoms with van der Waals surface area (Å²) in [6, 6.07) is 15.7. The van der Waals surface area contributed by atoms with E-state index in [2.05, 4.69) is 41.5 Å². The first kappa shape index (κ1) is 15.2. The molecule has 3 rings (SSSR count). The summed E-state index contributed by atoms with van der Waals surface area (Å²) in [6.45, 7) is 2.66. The summed E-state index contributed by atoms with van der Waals surface area (Å²) in [6.07, 6.45) is 0.845. The van der Waals surface area contributed by atoms with Gasteiger partial charge in [-0.1, -0.05) is 29.8 Å². The van der Waals surface area contributed by atoms with E-state index >= 15 is 0 Å². The number of pyridine rings is 1.